The molecule has 196 valence electrons. The summed E-state index contributed by atoms with van der Waals surface area (Å²) < 4.78 is 25.3. The molecule has 39 heavy (non-hydrogen) atoms. The van der Waals surface area contributed by atoms with Gasteiger partial charge in [-0.15, -0.1) is 0 Å². The molecule has 0 atom stereocenters. The van der Waals surface area contributed by atoms with Crippen LogP contribution in [-0.4, -0.2) is 23.1 Å². The average molecular weight is 539 g/mol. The van der Waals surface area contributed by atoms with Crippen molar-refractivity contribution < 1.29 is 18.7 Å². The first-order valence-corrected chi connectivity index (χ1v) is 13.3. The summed E-state index contributed by atoms with van der Waals surface area (Å²) in [7, 11) is 1.55. The Morgan fingerprint density at radius 2 is 1.56 bits per heavy atom. The van der Waals surface area contributed by atoms with Gasteiger partial charge in [0, 0.05) is 5.56 Å². The standard InChI is InChI=1S/C32H27FN2O3S/c1-37-29-18-25(16-17-28(29)38-22-26-14-8-9-15-27(26)33)19-30-31(36)35(21-24-12-6-3-7-13-24)32(39-30)34-20-23-10-4-2-5-11-23/h2-19H,20-22H2,1H3/b30-19+,34-32?. The van der Waals surface area contributed by atoms with E-state index in [9.17, 15) is 9.18 Å². The first-order valence-electron chi connectivity index (χ1n) is 12.5. The van der Waals surface area contributed by atoms with Crippen LogP contribution in [0.5, 0.6) is 11.5 Å². The molecule has 0 radical (unpaired) electrons. The van der Waals surface area contributed by atoms with Gasteiger partial charge in [-0.3, -0.25) is 14.7 Å². The van der Waals surface area contributed by atoms with Gasteiger partial charge in [0.1, 0.15) is 12.4 Å². The molecule has 1 aliphatic heterocycles. The normalized spacial score (nSPS) is 15.2. The molecule has 0 bridgehead atoms. The Morgan fingerprint density at radius 1 is 0.872 bits per heavy atom. The molecule has 1 amide bonds. The van der Waals surface area contributed by atoms with Crippen molar-refractivity contribution in [3.05, 3.63) is 136 Å². The lowest BCUT2D eigenvalue weighted by Crippen LogP contribution is -2.28. The molecule has 0 unspecified atom stereocenters. The SMILES string of the molecule is COc1cc(/C=C2/SC(=NCc3ccccc3)N(Cc3ccccc3)C2=O)ccc1OCc1ccccc1F. The van der Waals surface area contributed by atoms with Crippen LogP contribution >= 0.6 is 11.8 Å². The van der Waals surface area contributed by atoms with Crippen LogP contribution in [0.25, 0.3) is 6.08 Å². The molecule has 0 N–H and O–H groups in total. The summed E-state index contributed by atoms with van der Waals surface area (Å²) in [6.45, 7) is 0.994. The number of aliphatic imine (C=N–C) groups is 1. The van der Waals surface area contributed by atoms with E-state index in [0.29, 0.717) is 40.2 Å². The van der Waals surface area contributed by atoms with E-state index in [0.717, 1.165) is 16.7 Å². The van der Waals surface area contributed by atoms with Crippen molar-refractivity contribution in [2.45, 2.75) is 19.7 Å². The van der Waals surface area contributed by atoms with Crippen molar-refractivity contribution in [1.29, 1.82) is 0 Å². The summed E-state index contributed by atoms with van der Waals surface area (Å²) in [5, 5.41) is 0.663. The van der Waals surface area contributed by atoms with Gasteiger partial charge in [-0.25, -0.2) is 4.39 Å². The first-order chi connectivity index (χ1) is 19.1. The maximum Gasteiger partial charge on any atom is 0.267 e. The van der Waals surface area contributed by atoms with Crippen molar-refractivity contribution in [2.75, 3.05) is 7.11 Å². The van der Waals surface area contributed by atoms with E-state index in [-0.39, 0.29) is 18.3 Å². The maximum atomic E-state index is 14.0. The average Bonchev–Trinajstić information content (AvgIpc) is 3.26. The van der Waals surface area contributed by atoms with Gasteiger partial charge in [0.15, 0.2) is 16.7 Å². The largest absolute Gasteiger partial charge is 0.493 e. The van der Waals surface area contributed by atoms with Gasteiger partial charge < -0.3 is 9.47 Å². The Balaban J connectivity index is 1.38. The van der Waals surface area contributed by atoms with E-state index >= 15 is 0 Å². The zero-order chi connectivity index (χ0) is 27.0. The fourth-order valence-corrected chi connectivity index (χ4v) is 5.07. The number of halogens is 1. The van der Waals surface area contributed by atoms with Crippen LogP contribution < -0.4 is 9.47 Å². The third-order valence-electron chi connectivity index (χ3n) is 6.14. The lowest BCUT2D eigenvalue weighted by molar-refractivity contribution is -0.122. The van der Waals surface area contributed by atoms with E-state index in [4.69, 9.17) is 14.5 Å². The van der Waals surface area contributed by atoms with Crippen LogP contribution in [0.15, 0.2) is 113 Å². The summed E-state index contributed by atoms with van der Waals surface area (Å²) in [5.41, 5.74) is 3.34. The highest BCUT2D eigenvalue weighted by molar-refractivity contribution is 8.18. The molecule has 0 saturated carbocycles. The number of amides is 1. The van der Waals surface area contributed by atoms with Gasteiger partial charge in [0.25, 0.3) is 5.91 Å². The van der Waals surface area contributed by atoms with Gasteiger partial charge in [-0.1, -0.05) is 84.9 Å². The topological polar surface area (TPSA) is 51.1 Å². The van der Waals surface area contributed by atoms with Crippen molar-refractivity contribution in [3.63, 3.8) is 0 Å². The Hall–Kier alpha value is -4.36. The predicted octanol–water partition coefficient (Wildman–Crippen LogP) is 7.09. The monoisotopic (exact) mass is 538 g/mol. The summed E-state index contributed by atoms with van der Waals surface area (Å²) in [4.78, 5) is 20.6. The lowest BCUT2D eigenvalue weighted by Gasteiger charge is -2.15. The second-order valence-corrected chi connectivity index (χ2v) is 9.87. The molecule has 0 aromatic heterocycles. The molecule has 7 heteroatoms. The highest BCUT2D eigenvalue weighted by Crippen LogP contribution is 2.36. The first kappa shape index (κ1) is 26.3. The Morgan fingerprint density at radius 3 is 2.28 bits per heavy atom. The summed E-state index contributed by atoms with van der Waals surface area (Å²) >= 11 is 1.36. The maximum absolute atomic E-state index is 14.0. The smallest absolute Gasteiger partial charge is 0.267 e. The van der Waals surface area contributed by atoms with Gasteiger partial charge in [-0.05, 0) is 52.7 Å². The van der Waals surface area contributed by atoms with E-state index in [2.05, 4.69) is 0 Å². The number of benzene rings is 4. The number of rotatable bonds is 9. The fourth-order valence-electron chi connectivity index (χ4n) is 4.09. The number of amidine groups is 1. The lowest BCUT2D eigenvalue weighted by atomic mass is 10.1. The van der Waals surface area contributed by atoms with Crippen LogP contribution in [0.2, 0.25) is 0 Å². The van der Waals surface area contributed by atoms with Crippen LogP contribution in [0.3, 0.4) is 0 Å². The number of hydrogen-bond acceptors (Lipinski definition) is 5. The summed E-state index contributed by atoms with van der Waals surface area (Å²) in [6, 6.07) is 31.8. The zero-order valence-corrected chi connectivity index (χ0v) is 22.2. The Bertz CT molecular complexity index is 1510. The van der Waals surface area contributed by atoms with Crippen LogP contribution in [0.4, 0.5) is 4.39 Å². The molecule has 5 nitrogen and oxygen atoms in total. The Kier molecular flexibility index (Phi) is 8.39. The van der Waals surface area contributed by atoms with Gasteiger partial charge >= 0.3 is 0 Å². The zero-order valence-electron chi connectivity index (χ0n) is 21.4. The number of ether oxygens (including phenoxy) is 2. The number of nitrogens with zero attached hydrogens (tertiary/aromatic N) is 2. The van der Waals surface area contributed by atoms with Gasteiger partial charge in [-0.2, -0.15) is 0 Å². The molecular formula is C32H27FN2O3S. The molecule has 1 fully saturated rings. The molecular weight excluding hydrogens is 511 g/mol. The number of thioether (sulfide) groups is 1. The minimum Gasteiger partial charge on any atom is -0.493 e. The second-order valence-electron chi connectivity index (χ2n) is 8.86. The molecule has 1 saturated heterocycles. The molecule has 4 aromatic rings. The van der Waals surface area contributed by atoms with Crippen molar-refractivity contribution in [1.82, 2.24) is 4.90 Å². The summed E-state index contributed by atoms with van der Waals surface area (Å²) in [5.74, 6) is 0.563. The highest BCUT2D eigenvalue weighted by Gasteiger charge is 2.33. The molecule has 0 spiro atoms. The third kappa shape index (κ3) is 6.56. The van der Waals surface area contributed by atoms with E-state index in [1.165, 1.54) is 17.8 Å². The number of carbonyl (C=O) groups is 1. The molecule has 1 aliphatic rings. The van der Waals surface area contributed by atoms with Gasteiger partial charge in [0.05, 0.1) is 25.1 Å². The van der Waals surface area contributed by atoms with Crippen molar-refractivity contribution in [2.24, 2.45) is 4.99 Å². The number of methoxy groups -OCH3 is 1. The predicted molar refractivity (Wildman–Crippen MR) is 154 cm³/mol. The molecule has 5 rings (SSSR count). The third-order valence-corrected chi connectivity index (χ3v) is 7.18. The number of hydrogen-bond donors (Lipinski definition) is 0. The quantitative estimate of drug-likeness (QED) is 0.214. The van der Waals surface area contributed by atoms with Gasteiger partial charge in [0.2, 0.25) is 0 Å². The van der Waals surface area contributed by atoms with E-state index in [1.807, 2.05) is 72.8 Å². The summed E-state index contributed by atoms with van der Waals surface area (Å²) in [6.07, 6.45) is 1.83. The minimum absolute atomic E-state index is 0.0769. The highest BCUT2D eigenvalue weighted by atomic mass is 32.2. The molecule has 1 heterocycles. The second kappa shape index (κ2) is 12.5. The van der Waals surface area contributed by atoms with E-state index in [1.54, 1.807) is 42.3 Å². The van der Waals surface area contributed by atoms with Crippen LogP contribution in [0.1, 0.15) is 22.3 Å². The van der Waals surface area contributed by atoms with Crippen molar-refractivity contribution in [3.8, 4) is 11.5 Å². The van der Waals surface area contributed by atoms with Crippen molar-refractivity contribution >= 4 is 28.9 Å². The molecule has 0 aliphatic carbocycles. The minimum atomic E-state index is -0.320. The molecule has 4 aromatic carbocycles. The van der Waals surface area contributed by atoms with E-state index < -0.39 is 0 Å². The fraction of sp³-hybridized carbons (Fsp3) is 0.125. The Labute approximate surface area is 231 Å². The van der Waals surface area contributed by atoms with Crippen LogP contribution in [0, 0.1) is 5.82 Å². The number of carbonyl (C=O) groups excluding carboxylic acids is 1. The van der Waals surface area contributed by atoms with Crippen LogP contribution in [-0.2, 0) is 24.5 Å².